The Morgan fingerprint density at radius 1 is 1.11 bits per heavy atom. The molecular formula is C26H24BrF2N3O3. The zero-order valence-corrected chi connectivity index (χ0v) is 20.8. The molecule has 35 heavy (non-hydrogen) atoms. The largest absolute Gasteiger partial charge is 0.343 e. The summed E-state index contributed by atoms with van der Waals surface area (Å²) >= 11 is 3.27. The number of pyridine rings is 1. The molecule has 0 saturated carbocycles. The SMILES string of the molecule is CN(C)C(=O)C(=O)NC1CCc2ccc(Br)c(=O)n2C1Cc1cccc(-c2cccc(F)c2)c1F. The number of halogens is 3. The molecule has 0 radical (unpaired) electrons. The number of hydrogen-bond acceptors (Lipinski definition) is 3. The molecule has 2 aromatic carbocycles. The van der Waals surface area contributed by atoms with Crippen LogP contribution in [0.25, 0.3) is 11.1 Å². The maximum Gasteiger partial charge on any atom is 0.311 e. The molecule has 1 aromatic heterocycles. The maximum atomic E-state index is 15.7. The number of aryl methyl sites for hydroxylation is 1. The molecular weight excluding hydrogens is 520 g/mol. The Bertz CT molecular complexity index is 1360. The van der Waals surface area contributed by atoms with Gasteiger partial charge in [0, 0.05) is 25.4 Å². The highest BCUT2D eigenvalue weighted by Gasteiger charge is 2.34. The van der Waals surface area contributed by atoms with E-state index in [1.165, 1.54) is 37.2 Å². The third kappa shape index (κ3) is 5.05. The summed E-state index contributed by atoms with van der Waals surface area (Å²) in [5.74, 6) is -2.50. The molecule has 2 atom stereocenters. The molecule has 182 valence electrons. The number of nitrogens with zero attached hydrogens (tertiary/aromatic N) is 2. The lowest BCUT2D eigenvalue weighted by Gasteiger charge is -2.36. The Balaban J connectivity index is 1.76. The number of amides is 2. The predicted octanol–water partition coefficient (Wildman–Crippen LogP) is 3.86. The van der Waals surface area contributed by atoms with Gasteiger partial charge in [-0.25, -0.2) is 8.78 Å². The number of nitrogens with one attached hydrogen (secondary N) is 1. The maximum absolute atomic E-state index is 15.7. The topological polar surface area (TPSA) is 71.4 Å². The van der Waals surface area contributed by atoms with Gasteiger partial charge in [0.15, 0.2) is 0 Å². The predicted molar refractivity (Wildman–Crippen MR) is 132 cm³/mol. The molecule has 0 spiro atoms. The van der Waals surface area contributed by atoms with E-state index in [1.54, 1.807) is 34.9 Å². The molecule has 1 aliphatic heterocycles. The van der Waals surface area contributed by atoms with Crippen molar-refractivity contribution in [1.82, 2.24) is 14.8 Å². The molecule has 9 heteroatoms. The molecule has 0 bridgehead atoms. The number of likely N-dealkylation sites (N-methyl/N-ethyl adjacent to an activating group) is 1. The van der Waals surface area contributed by atoms with Crippen molar-refractivity contribution in [1.29, 1.82) is 0 Å². The lowest BCUT2D eigenvalue weighted by atomic mass is 9.89. The molecule has 0 fully saturated rings. The van der Waals surface area contributed by atoms with E-state index in [-0.39, 0.29) is 17.5 Å². The second-order valence-electron chi connectivity index (χ2n) is 8.73. The molecule has 2 unspecified atom stereocenters. The monoisotopic (exact) mass is 543 g/mol. The summed E-state index contributed by atoms with van der Waals surface area (Å²) in [6.45, 7) is 0. The summed E-state index contributed by atoms with van der Waals surface area (Å²) in [6, 6.07) is 12.8. The first kappa shape index (κ1) is 24.8. The van der Waals surface area contributed by atoms with Crippen LogP contribution in [0.5, 0.6) is 0 Å². The summed E-state index contributed by atoms with van der Waals surface area (Å²) in [5, 5.41) is 2.75. The average molecular weight is 544 g/mol. The van der Waals surface area contributed by atoms with Gasteiger partial charge in [0.2, 0.25) is 0 Å². The van der Waals surface area contributed by atoms with Gasteiger partial charge in [-0.1, -0.05) is 30.3 Å². The Labute approximate surface area is 209 Å². The van der Waals surface area contributed by atoms with E-state index in [0.717, 1.165) is 5.69 Å². The van der Waals surface area contributed by atoms with Crippen LogP contribution in [0.2, 0.25) is 0 Å². The second-order valence-corrected chi connectivity index (χ2v) is 9.58. The fourth-order valence-corrected chi connectivity index (χ4v) is 4.81. The van der Waals surface area contributed by atoms with E-state index in [0.29, 0.717) is 28.4 Å². The van der Waals surface area contributed by atoms with E-state index in [1.807, 2.05) is 6.07 Å². The Morgan fingerprint density at radius 2 is 1.86 bits per heavy atom. The van der Waals surface area contributed by atoms with Gasteiger partial charge in [-0.3, -0.25) is 14.4 Å². The highest BCUT2D eigenvalue weighted by Crippen LogP contribution is 2.32. The van der Waals surface area contributed by atoms with Gasteiger partial charge in [-0.05, 0) is 70.6 Å². The van der Waals surface area contributed by atoms with Crippen molar-refractivity contribution in [2.45, 2.75) is 31.3 Å². The van der Waals surface area contributed by atoms with Crippen LogP contribution in [0.3, 0.4) is 0 Å². The summed E-state index contributed by atoms with van der Waals surface area (Å²) in [5.41, 5.74) is 1.41. The molecule has 0 aliphatic carbocycles. The van der Waals surface area contributed by atoms with Crippen LogP contribution in [0.15, 0.2) is 63.9 Å². The van der Waals surface area contributed by atoms with Crippen LogP contribution < -0.4 is 10.9 Å². The van der Waals surface area contributed by atoms with E-state index in [9.17, 15) is 18.8 Å². The number of fused-ring (bicyclic) bond motifs is 1. The van der Waals surface area contributed by atoms with Crippen molar-refractivity contribution in [2.75, 3.05) is 14.1 Å². The standard InChI is InChI=1S/C26H24BrF2N3O3/c1-31(2)26(35)24(33)30-21-12-10-18-9-11-20(27)25(34)32(18)22(21)14-16-6-4-8-19(23(16)29)15-5-3-7-17(28)13-15/h3-9,11,13,21-22H,10,12,14H2,1-2H3,(H,30,33). The zero-order chi connectivity index (χ0) is 25.3. The van der Waals surface area contributed by atoms with Gasteiger partial charge in [-0.2, -0.15) is 0 Å². The van der Waals surface area contributed by atoms with Crippen LogP contribution in [0, 0.1) is 11.6 Å². The van der Waals surface area contributed by atoms with E-state index in [2.05, 4.69) is 21.2 Å². The van der Waals surface area contributed by atoms with Gasteiger partial charge in [-0.15, -0.1) is 0 Å². The fourth-order valence-electron chi connectivity index (χ4n) is 4.49. The van der Waals surface area contributed by atoms with Crippen LogP contribution in [-0.4, -0.2) is 41.4 Å². The molecule has 2 heterocycles. The van der Waals surface area contributed by atoms with E-state index in [4.69, 9.17) is 0 Å². The minimum absolute atomic E-state index is 0.0828. The van der Waals surface area contributed by atoms with Crippen LogP contribution in [0.4, 0.5) is 8.78 Å². The van der Waals surface area contributed by atoms with E-state index < -0.39 is 35.5 Å². The van der Waals surface area contributed by atoms with Crippen LogP contribution in [0.1, 0.15) is 23.7 Å². The van der Waals surface area contributed by atoms with Gasteiger partial charge in [0.05, 0.1) is 16.6 Å². The quantitative estimate of drug-likeness (QED) is 0.508. The van der Waals surface area contributed by atoms with Gasteiger partial charge < -0.3 is 14.8 Å². The number of hydrogen-bond donors (Lipinski definition) is 1. The number of rotatable bonds is 4. The van der Waals surface area contributed by atoms with Crippen molar-refractivity contribution < 1.29 is 18.4 Å². The third-order valence-electron chi connectivity index (χ3n) is 6.22. The number of carbonyl (C=O) groups is 2. The molecule has 6 nitrogen and oxygen atoms in total. The summed E-state index contributed by atoms with van der Waals surface area (Å²) in [4.78, 5) is 39.0. The molecule has 4 rings (SSSR count). The van der Waals surface area contributed by atoms with Crippen molar-refractivity contribution in [3.8, 4) is 11.1 Å². The normalized spacial score (nSPS) is 16.9. The van der Waals surface area contributed by atoms with Gasteiger partial charge in [0.1, 0.15) is 11.6 Å². The fraction of sp³-hybridized carbons (Fsp3) is 0.269. The first-order valence-corrected chi connectivity index (χ1v) is 11.9. The number of benzene rings is 2. The van der Waals surface area contributed by atoms with Crippen molar-refractivity contribution in [3.05, 3.63) is 92.3 Å². The Kier molecular flexibility index (Phi) is 7.16. The Morgan fingerprint density at radius 3 is 2.57 bits per heavy atom. The number of aromatic nitrogens is 1. The van der Waals surface area contributed by atoms with Crippen LogP contribution in [-0.2, 0) is 22.4 Å². The minimum Gasteiger partial charge on any atom is -0.343 e. The molecule has 1 aliphatic rings. The minimum atomic E-state index is -0.787. The smallest absolute Gasteiger partial charge is 0.311 e. The molecule has 3 aromatic rings. The summed E-state index contributed by atoms with van der Waals surface area (Å²) in [6.07, 6.45) is 1.06. The third-order valence-corrected chi connectivity index (χ3v) is 6.83. The van der Waals surface area contributed by atoms with Gasteiger partial charge in [0.25, 0.3) is 5.56 Å². The van der Waals surface area contributed by atoms with Gasteiger partial charge >= 0.3 is 11.8 Å². The van der Waals surface area contributed by atoms with Crippen LogP contribution >= 0.6 is 15.9 Å². The molecule has 1 N–H and O–H groups in total. The zero-order valence-electron chi connectivity index (χ0n) is 19.2. The second kappa shape index (κ2) is 10.1. The lowest BCUT2D eigenvalue weighted by Crippen LogP contribution is -2.51. The van der Waals surface area contributed by atoms with Crippen molar-refractivity contribution in [3.63, 3.8) is 0 Å². The highest BCUT2D eigenvalue weighted by molar-refractivity contribution is 9.10. The summed E-state index contributed by atoms with van der Waals surface area (Å²) < 4.78 is 31.3. The first-order valence-electron chi connectivity index (χ1n) is 11.1. The number of carbonyl (C=O) groups excluding carboxylic acids is 2. The molecule has 2 amide bonds. The van der Waals surface area contributed by atoms with E-state index >= 15 is 4.39 Å². The van der Waals surface area contributed by atoms with Crippen molar-refractivity contribution >= 4 is 27.7 Å². The Hall–Kier alpha value is -3.33. The summed E-state index contributed by atoms with van der Waals surface area (Å²) in [7, 11) is 2.95. The average Bonchev–Trinajstić information content (AvgIpc) is 2.83. The first-order chi connectivity index (χ1) is 16.7. The lowest BCUT2D eigenvalue weighted by molar-refractivity contribution is -0.144. The van der Waals surface area contributed by atoms with Crippen molar-refractivity contribution in [2.24, 2.45) is 0 Å². The highest BCUT2D eigenvalue weighted by atomic mass is 79.9. The molecule has 0 saturated heterocycles.